The van der Waals surface area contributed by atoms with E-state index < -0.39 is 0 Å². The quantitative estimate of drug-likeness (QED) is 0.636. The van der Waals surface area contributed by atoms with Gasteiger partial charge in [0.2, 0.25) is 0 Å². The normalized spacial score (nSPS) is 10.0. The Hall–Kier alpha value is -1.91. The predicted octanol–water partition coefficient (Wildman–Crippen LogP) is 0.449. The summed E-state index contributed by atoms with van der Waals surface area (Å²) in [5.74, 6) is 0.550. The van der Waals surface area contributed by atoms with Gasteiger partial charge in [-0.15, -0.1) is 5.10 Å². The number of H-pyrrole nitrogens is 1. The van der Waals surface area contributed by atoms with Crippen molar-refractivity contribution in [2.75, 3.05) is 5.73 Å². The molecule has 60 valence electrons. The van der Waals surface area contributed by atoms with Crippen LogP contribution in [0, 0.1) is 0 Å². The Kier molecular flexibility index (Phi) is 1.48. The van der Waals surface area contributed by atoms with Gasteiger partial charge in [0.05, 0.1) is 11.9 Å². The van der Waals surface area contributed by atoms with E-state index in [-0.39, 0.29) is 0 Å². The number of nitrogens with zero attached hydrogens (tertiary/aromatic N) is 3. The first-order chi connectivity index (χ1) is 5.86. The van der Waals surface area contributed by atoms with Crippen molar-refractivity contribution in [3.63, 3.8) is 0 Å². The first-order valence-electron chi connectivity index (χ1n) is 3.44. The molecular formula is C7H7N5. The predicted molar refractivity (Wildman–Crippen MR) is 44.0 cm³/mol. The van der Waals surface area contributed by atoms with Crippen molar-refractivity contribution in [2.24, 2.45) is 0 Å². The van der Waals surface area contributed by atoms with Crippen LogP contribution in [0.1, 0.15) is 0 Å². The second-order valence-corrected chi connectivity index (χ2v) is 2.31. The van der Waals surface area contributed by atoms with Gasteiger partial charge in [-0.1, -0.05) is 0 Å². The van der Waals surface area contributed by atoms with Gasteiger partial charge in [0, 0.05) is 18.1 Å². The van der Waals surface area contributed by atoms with Crippen LogP contribution in [0.3, 0.4) is 0 Å². The van der Waals surface area contributed by atoms with Crippen molar-refractivity contribution in [1.82, 2.24) is 20.2 Å². The molecule has 0 saturated heterocycles. The molecule has 0 unspecified atom stereocenters. The first-order valence-corrected chi connectivity index (χ1v) is 3.44. The van der Waals surface area contributed by atoms with Crippen LogP contribution in [-0.4, -0.2) is 20.2 Å². The molecule has 0 saturated carbocycles. The third-order valence-corrected chi connectivity index (χ3v) is 1.43. The van der Waals surface area contributed by atoms with Crippen molar-refractivity contribution >= 4 is 5.69 Å². The molecule has 2 aromatic rings. The summed E-state index contributed by atoms with van der Waals surface area (Å²) in [6, 6.07) is 1.76. The van der Waals surface area contributed by atoms with Gasteiger partial charge < -0.3 is 10.7 Å². The molecule has 12 heavy (non-hydrogen) atoms. The van der Waals surface area contributed by atoms with Crippen LogP contribution < -0.4 is 5.73 Å². The van der Waals surface area contributed by atoms with Crippen molar-refractivity contribution in [1.29, 1.82) is 0 Å². The number of hydrogen-bond donors (Lipinski definition) is 2. The molecule has 3 N–H and O–H groups in total. The molecule has 2 rings (SSSR count). The number of nitrogen functional groups attached to an aromatic ring is 1. The Labute approximate surface area is 68.7 Å². The average molecular weight is 161 g/mol. The minimum absolute atomic E-state index is 0.550. The van der Waals surface area contributed by atoms with E-state index in [9.17, 15) is 0 Å². The summed E-state index contributed by atoms with van der Waals surface area (Å²) >= 11 is 0. The second kappa shape index (κ2) is 2.61. The average Bonchev–Trinajstić information content (AvgIpc) is 2.54. The minimum atomic E-state index is 0.550. The fourth-order valence-electron chi connectivity index (χ4n) is 0.911. The highest BCUT2D eigenvalue weighted by Crippen LogP contribution is 2.13. The van der Waals surface area contributed by atoms with Crippen LogP contribution in [0.25, 0.3) is 11.5 Å². The van der Waals surface area contributed by atoms with E-state index in [0.29, 0.717) is 11.5 Å². The number of anilines is 1. The Morgan fingerprint density at radius 1 is 1.33 bits per heavy atom. The Morgan fingerprint density at radius 2 is 2.25 bits per heavy atom. The van der Waals surface area contributed by atoms with Crippen molar-refractivity contribution in [2.45, 2.75) is 0 Å². The molecule has 0 aliphatic rings. The van der Waals surface area contributed by atoms with Crippen LogP contribution >= 0.6 is 0 Å². The Bertz CT molecular complexity index is 366. The fraction of sp³-hybridized carbons (Fsp3) is 0. The topological polar surface area (TPSA) is 80.5 Å². The summed E-state index contributed by atoms with van der Waals surface area (Å²) in [5, 5.41) is 7.51. The van der Waals surface area contributed by atoms with Gasteiger partial charge in [-0.05, 0) is 6.07 Å². The van der Waals surface area contributed by atoms with E-state index in [0.717, 1.165) is 5.69 Å². The van der Waals surface area contributed by atoms with Gasteiger partial charge >= 0.3 is 0 Å². The lowest BCUT2D eigenvalue weighted by atomic mass is 10.4. The Morgan fingerprint density at radius 3 is 2.83 bits per heavy atom. The monoisotopic (exact) mass is 161 g/mol. The van der Waals surface area contributed by atoms with Gasteiger partial charge in [0.25, 0.3) is 0 Å². The maximum Gasteiger partial charge on any atom is 0.198 e. The molecule has 5 nitrogen and oxygen atoms in total. The number of rotatable bonds is 1. The van der Waals surface area contributed by atoms with Gasteiger partial charge in [0.15, 0.2) is 5.82 Å². The number of nitrogens with two attached hydrogens (primary N) is 1. The van der Waals surface area contributed by atoms with E-state index >= 15 is 0 Å². The SMILES string of the molecule is Nc1c[nH]c(-c2nccnn2)c1. The summed E-state index contributed by atoms with van der Waals surface area (Å²) in [6.07, 6.45) is 4.79. The minimum Gasteiger partial charge on any atom is -0.397 e. The second-order valence-electron chi connectivity index (χ2n) is 2.31. The largest absolute Gasteiger partial charge is 0.397 e. The molecule has 5 heteroatoms. The summed E-state index contributed by atoms with van der Waals surface area (Å²) in [4.78, 5) is 6.93. The molecule has 0 fully saturated rings. The fourth-order valence-corrected chi connectivity index (χ4v) is 0.911. The molecule has 0 bridgehead atoms. The van der Waals surface area contributed by atoms with Crippen LogP contribution in [0.5, 0.6) is 0 Å². The smallest absolute Gasteiger partial charge is 0.198 e. The maximum atomic E-state index is 5.51. The van der Waals surface area contributed by atoms with Crippen molar-refractivity contribution in [3.8, 4) is 11.5 Å². The van der Waals surface area contributed by atoms with E-state index in [2.05, 4.69) is 20.2 Å². The molecular weight excluding hydrogens is 154 g/mol. The summed E-state index contributed by atoms with van der Waals surface area (Å²) in [5.41, 5.74) is 6.95. The standard InChI is InChI=1S/C7H7N5/c8-5-3-6(10-4-5)7-9-1-2-11-12-7/h1-4,10H,8H2. The lowest BCUT2D eigenvalue weighted by Gasteiger charge is -1.90. The van der Waals surface area contributed by atoms with Gasteiger partial charge in [-0.2, -0.15) is 5.10 Å². The highest BCUT2D eigenvalue weighted by Gasteiger charge is 2.01. The lowest BCUT2D eigenvalue weighted by molar-refractivity contribution is 0.973. The van der Waals surface area contributed by atoms with Crippen LogP contribution in [0.4, 0.5) is 5.69 Å². The van der Waals surface area contributed by atoms with E-state index in [1.165, 1.54) is 6.20 Å². The lowest BCUT2D eigenvalue weighted by Crippen LogP contribution is -1.89. The number of nitrogens with one attached hydrogen (secondary N) is 1. The molecule has 0 amide bonds. The molecule has 0 aliphatic carbocycles. The van der Waals surface area contributed by atoms with Gasteiger partial charge in [0.1, 0.15) is 0 Å². The molecule has 2 aromatic heterocycles. The maximum absolute atomic E-state index is 5.51. The molecule has 0 radical (unpaired) electrons. The summed E-state index contributed by atoms with van der Waals surface area (Å²) in [6.45, 7) is 0. The number of aromatic amines is 1. The zero-order chi connectivity index (χ0) is 8.39. The van der Waals surface area contributed by atoms with Gasteiger partial charge in [-0.25, -0.2) is 4.98 Å². The van der Waals surface area contributed by atoms with Gasteiger partial charge in [-0.3, -0.25) is 0 Å². The van der Waals surface area contributed by atoms with Crippen LogP contribution in [0.15, 0.2) is 24.7 Å². The zero-order valence-corrected chi connectivity index (χ0v) is 6.23. The van der Waals surface area contributed by atoms with Crippen molar-refractivity contribution in [3.05, 3.63) is 24.7 Å². The molecule has 2 heterocycles. The van der Waals surface area contributed by atoms with Crippen LogP contribution in [0.2, 0.25) is 0 Å². The highest BCUT2D eigenvalue weighted by atomic mass is 15.1. The highest BCUT2D eigenvalue weighted by molar-refractivity contribution is 5.56. The number of hydrogen-bond acceptors (Lipinski definition) is 4. The molecule has 0 atom stereocenters. The third-order valence-electron chi connectivity index (χ3n) is 1.43. The van der Waals surface area contributed by atoms with Crippen molar-refractivity contribution < 1.29 is 0 Å². The zero-order valence-electron chi connectivity index (χ0n) is 6.23. The first kappa shape index (κ1) is 6.78. The number of aromatic nitrogens is 4. The van der Waals surface area contributed by atoms with Crippen LogP contribution in [-0.2, 0) is 0 Å². The third kappa shape index (κ3) is 1.12. The van der Waals surface area contributed by atoms with E-state index in [4.69, 9.17) is 5.73 Å². The van der Waals surface area contributed by atoms with E-state index in [1.807, 2.05) is 0 Å². The molecule has 0 aliphatic heterocycles. The van der Waals surface area contributed by atoms with E-state index in [1.54, 1.807) is 18.5 Å². The summed E-state index contributed by atoms with van der Waals surface area (Å²) in [7, 11) is 0. The summed E-state index contributed by atoms with van der Waals surface area (Å²) < 4.78 is 0. The molecule has 0 aromatic carbocycles. The molecule has 0 spiro atoms. The Balaban J connectivity index is 2.45.